The standard InChI is InChI=1S/C12H16ClN3O2/c13-11-9(6-18)12(15-7-14-11)16-10-4-2-1-3-8(10)5-17/h6-8,10,17H,1-5H2,(H,14,15,16). The van der Waals surface area contributed by atoms with Crippen LogP contribution in [0.2, 0.25) is 5.15 Å². The van der Waals surface area contributed by atoms with E-state index in [-0.39, 0.29) is 29.3 Å². The highest BCUT2D eigenvalue weighted by Gasteiger charge is 2.25. The number of rotatable bonds is 4. The molecule has 1 heterocycles. The molecule has 0 spiro atoms. The van der Waals surface area contributed by atoms with Gasteiger partial charge >= 0.3 is 0 Å². The molecule has 1 aromatic rings. The van der Waals surface area contributed by atoms with E-state index in [9.17, 15) is 9.90 Å². The van der Waals surface area contributed by atoms with Crippen molar-refractivity contribution < 1.29 is 9.90 Å². The number of carbonyl (C=O) groups excluding carboxylic acids is 1. The number of halogens is 1. The van der Waals surface area contributed by atoms with Crippen LogP contribution in [0.1, 0.15) is 36.0 Å². The van der Waals surface area contributed by atoms with Crippen molar-refractivity contribution in [2.24, 2.45) is 5.92 Å². The summed E-state index contributed by atoms with van der Waals surface area (Å²) in [5.74, 6) is 0.655. The Morgan fingerprint density at radius 2 is 2.22 bits per heavy atom. The van der Waals surface area contributed by atoms with Crippen LogP contribution in [0, 0.1) is 5.92 Å². The summed E-state index contributed by atoms with van der Waals surface area (Å²) in [6, 6.07) is 0.133. The van der Waals surface area contributed by atoms with Crippen LogP contribution >= 0.6 is 11.6 Å². The van der Waals surface area contributed by atoms with Crippen molar-refractivity contribution in [2.45, 2.75) is 31.7 Å². The Balaban J connectivity index is 2.17. The molecule has 0 radical (unpaired) electrons. The SMILES string of the molecule is O=Cc1c(Cl)ncnc1NC1CCCCC1CO. The van der Waals surface area contributed by atoms with E-state index >= 15 is 0 Å². The lowest BCUT2D eigenvalue weighted by Gasteiger charge is -2.31. The molecule has 2 rings (SSSR count). The Morgan fingerprint density at radius 1 is 1.44 bits per heavy atom. The third-order valence-electron chi connectivity index (χ3n) is 3.42. The molecule has 18 heavy (non-hydrogen) atoms. The molecule has 0 saturated heterocycles. The number of nitrogens with zero attached hydrogens (tertiary/aromatic N) is 2. The zero-order valence-corrected chi connectivity index (χ0v) is 10.7. The molecule has 1 aromatic heterocycles. The number of carbonyl (C=O) groups is 1. The van der Waals surface area contributed by atoms with E-state index in [0.29, 0.717) is 12.1 Å². The molecule has 0 aliphatic heterocycles. The average molecular weight is 270 g/mol. The van der Waals surface area contributed by atoms with Gasteiger partial charge in [0, 0.05) is 18.6 Å². The maximum atomic E-state index is 11.0. The first-order chi connectivity index (χ1) is 8.76. The highest BCUT2D eigenvalue weighted by atomic mass is 35.5. The number of aldehydes is 1. The van der Waals surface area contributed by atoms with Crippen molar-refractivity contribution in [3.8, 4) is 0 Å². The summed E-state index contributed by atoms with van der Waals surface area (Å²) in [6.45, 7) is 0.146. The van der Waals surface area contributed by atoms with Crippen molar-refractivity contribution in [2.75, 3.05) is 11.9 Å². The quantitative estimate of drug-likeness (QED) is 0.645. The molecule has 2 unspecified atom stereocenters. The summed E-state index contributed by atoms with van der Waals surface area (Å²) >= 11 is 5.85. The number of nitrogens with one attached hydrogen (secondary N) is 1. The lowest BCUT2D eigenvalue weighted by molar-refractivity contribution is 0.112. The first-order valence-corrected chi connectivity index (χ1v) is 6.47. The highest BCUT2D eigenvalue weighted by molar-refractivity contribution is 6.32. The first kappa shape index (κ1) is 13.2. The number of aliphatic hydroxyl groups is 1. The molecule has 98 valence electrons. The summed E-state index contributed by atoms with van der Waals surface area (Å²) in [6.07, 6.45) is 6.18. The smallest absolute Gasteiger partial charge is 0.156 e. The first-order valence-electron chi connectivity index (χ1n) is 6.09. The number of aromatic nitrogens is 2. The van der Waals surface area contributed by atoms with E-state index in [1.54, 1.807) is 0 Å². The summed E-state index contributed by atoms with van der Waals surface area (Å²) in [5, 5.41) is 12.7. The van der Waals surface area contributed by atoms with Crippen LogP contribution in [0.25, 0.3) is 0 Å². The molecule has 1 aliphatic carbocycles. The fourth-order valence-corrected chi connectivity index (χ4v) is 2.56. The third-order valence-corrected chi connectivity index (χ3v) is 3.72. The Labute approximate surface area is 111 Å². The molecule has 0 aromatic carbocycles. The second-order valence-corrected chi connectivity index (χ2v) is 4.88. The van der Waals surface area contributed by atoms with E-state index in [1.165, 1.54) is 6.33 Å². The van der Waals surface area contributed by atoms with Gasteiger partial charge in [0.2, 0.25) is 0 Å². The minimum absolute atomic E-state index is 0.133. The minimum Gasteiger partial charge on any atom is -0.396 e. The highest BCUT2D eigenvalue weighted by Crippen LogP contribution is 2.28. The van der Waals surface area contributed by atoms with Crippen LogP contribution in [-0.4, -0.2) is 34.0 Å². The van der Waals surface area contributed by atoms with Gasteiger partial charge in [0.25, 0.3) is 0 Å². The molecule has 6 heteroatoms. The summed E-state index contributed by atoms with van der Waals surface area (Å²) in [7, 11) is 0. The van der Waals surface area contributed by atoms with Crippen LogP contribution in [0.3, 0.4) is 0 Å². The van der Waals surface area contributed by atoms with E-state index in [2.05, 4.69) is 15.3 Å². The fraction of sp³-hybridized carbons (Fsp3) is 0.583. The molecule has 2 atom stereocenters. The molecule has 1 fully saturated rings. The summed E-state index contributed by atoms with van der Waals surface area (Å²) in [5.41, 5.74) is 0.279. The van der Waals surface area contributed by atoms with Gasteiger partial charge in [-0.05, 0) is 12.8 Å². The molecular weight excluding hydrogens is 254 g/mol. The second kappa shape index (κ2) is 6.11. The number of aliphatic hydroxyl groups excluding tert-OH is 1. The minimum atomic E-state index is 0.133. The maximum Gasteiger partial charge on any atom is 0.156 e. The van der Waals surface area contributed by atoms with E-state index in [4.69, 9.17) is 11.6 Å². The van der Waals surface area contributed by atoms with Crippen molar-refractivity contribution in [3.63, 3.8) is 0 Å². The summed E-state index contributed by atoms with van der Waals surface area (Å²) < 4.78 is 0. The van der Waals surface area contributed by atoms with Gasteiger partial charge in [0.05, 0.1) is 5.56 Å². The van der Waals surface area contributed by atoms with E-state index in [0.717, 1.165) is 25.7 Å². The Kier molecular flexibility index (Phi) is 4.49. The second-order valence-electron chi connectivity index (χ2n) is 4.52. The van der Waals surface area contributed by atoms with Crippen molar-refractivity contribution in [1.29, 1.82) is 0 Å². The molecule has 2 N–H and O–H groups in total. The van der Waals surface area contributed by atoms with Gasteiger partial charge < -0.3 is 10.4 Å². The van der Waals surface area contributed by atoms with E-state index < -0.39 is 0 Å². The summed E-state index contributed by atoms with van der Waals surface area (Å²) in [4.78, 5) is 18.8. The van der Waals surface area contributed by atoms with Gasteiger partial charge in [-0.2, -0.15) is 0 Å². The van der Waals surface area contributed by atoms with Gasteiger partial charge in [0.1, 0.15) is 17.3 Å². The number of anilines is 1. The fourth-order valence-electron chi connectivity index (χ4n) is 2.39. The van der Waals surface area contributed by atoms with Crippen LogP contribution in [0.4, 0.5) is 5.82 Å². The third kappa shape index (κ3) is 2.79. The van der Waals surface area contributed by atoms with Gasteiger partial charge in [-0.3, -0.25) is 4.79 Å². The van der Waals surface area contributed by atoms with E-state index in [1.807, 2.05) is 0 Å². The number of hydrogen-bond acceptors (Lipinski definition) is 5. The molecule has 1 aliphatic rings. The van der Waals surface area contributed by atoms with Crippen LogP contribution in [0.15, 0.2) is 6.33 Å². The zero-order valence-electron chi connectivity index (χ0n) is 9.97. The Bertz CT molecular complexity index is 428. The Morgan fingerprint density at radius 3 is 2.94 bits per heavy atom. The largest absolute Gasteiger partial charge is 0.396 e. The van der Waals surface area contributed by atoms with Gasteiger partial charge in [0.15, 0.2) is 6.29 Å². The van der Waals surface area contributed by atoms with Gasteiger partial charge in [-0.25, -0.2) is 9.97 Å². The van der Waals surface area contributed by atoms with Crippen LogP contribution < -0.4 is 5.32 Å². The number of hydrogen-bond donors (Lipinski definition) is 2. The monoisotopic (exact) mass is 269 g/mol. The average Bonchev–Trinajstić information content (AvgIpc) is 2.40. The van der Waals surface area contributed by atoms with Gasteiger partial charge in [-0.15, -0.1) is 0 Å². The van der Waals surface area contributed by atoms with Crippen LogP contribution in [0.5, 0.6) is 0 Å². The predicted octanol–water partition coefficient (Wildman–Crippen LogP) is 1.91. The van der Waals surface area contributed by atoms with Crippen molar-refractivity contribution in [1.82, 2.24) is 9.97 Å². The molecule has 5 nitrogen and oxygen atoms in total. The molecular formula is C12H16ClN3O2. The van der Waals surface area contributed by atoms with Crippen molar-refractivity contribution in [3.05, 3.63) is 17.0 Å². The molecule has 0 bridgehead atoms. The molecule has 1 saturated carbocycles. The zero-order chi connectivity index (χ0) is 13.0. The lowest BCUT2D eigenvalue weighted by atomic mass is 9.85. The normalized spacial score (nSPS) is 23.7. The van der Waals surface area contributed by atoms with Gasteiger partial charge in [-0.1, -0.05) is 24.4 Å². The maximum absolute atomic E-state index is 11.0. The lowest BCUT2D eigenvalue weighted by Crippen LogP contribution is -2.35. The van der Waals surface area contributed by atoms with Crippen LogP contribution in [-0.2, 0) is 0 Å². The van der Waals surface area contributed by atoms with Crippen molar-refractivity contribution >= 4 is 23.7 Å². The predicted molar refractivity (Wildman–Crippen MR) is 68.9 cm³/mol. The Hall–Kier alpha value is -1.20. The topological polar surface area (TPSA) is 75.1 Å². The molecule has 0 amide bonds.